The quantitative estimate of drug-likeness (QED) is 0.433. The first kappa shape index (κ1) is 9.41. The SMILES string of the molecule is C=C(CC)CC(C)(C)C=O. The molecule has 0 radical (unpaired) electrons. The van der Waals surface area contributed by atoms with Crippen LogP contribution in [0.25, 0.3) is 0 Å². The van der Waals surface area contributed by atoms with Gasteiger partial charge in [-0.15, -0.1) is 0 Å². The number of carbonyl (C=O) groups is 1. The van der Waals surface area contributed by atoms with Crippen LogP contribution in [0.3, 0.4) is 0 Å². The number of hydrogen-bond donors (Lipinski definition) is 0. The van der Waals surface area contributed by atoms with Gasteiger partial charge in [-0.2, -0.15) is 0 Å². The molecule has 0 N–H and O–H groups in total. The molecule has 0 amide bonds. The normalized spacial score (nSPS) is 11.1. The average Bonchev–Trinajstić information content (AvgIpc) is 1.87. The number of allylic oxidation sites excluding steroid dienone is 1. The second kappa shape index (κ2) is 3.55. The predicted molar refractivity (Wildman–Crippen MR) is 43.9 cm³/mol. The Balaban J connectivity index is 3.88. The molecule has 0 saturated heterocycles. The van der Waals surface area contributed by atoms with Crippen molar-refractivity contribution in [1.29, 1.82) is 0 Å². The Morgan fingerprint density at radius 2 is 2.10 bits per heavy atom. The van der Waals surface area contributed by atoms with Gasteiger partial charge in [0.05, 0.1) is 0 Å². The lowest BCUT2D eigenvalue weighted by atomic mass is 9.87. The van der Waals surface area contributed by atoms with E-state index in [4.69, 9.17) is 0 Å². The van der Waals surface area contributed by atoms with Crippen LogP contribution in [0, 0.1) is 5.41 Å². The standard InChI is InChI=1S/C9H16O/c1-5-8(2)6-9(3,4)7-10/h7H,2,5-6H2,1,3-4H3. The van der Waals surface area contributed by atoms with E-state index in [0.29, 0.717) is 0 Å². The number of carbonyl (C=O) groups excluding carboxylic acids is 1. The van der Waals surface area contributed by atoms with E-state index in [0.717, 1.165) is 24.7 Å². The fourth-order valence-corrected chi connectivity index (χ4v) is 0.811. The molecule has 0 saturated carbocycles. The van der Waals surface area contributed by atoms with Crippen LogP contribution in [0.5, 0.6) is 0 Å². The average molecular weight is 140 g/mol. The Kier molecular flexibility index (Phi) is 3.34. The van der Waals surface area contributed by atoms with E-state index in [1.165, 1.54) is 0 Å². The minimum atomic E-state index is -0.215. The Morgan fingerprint density at radius 3 is 2.40 bits per heavy atom. The fourth-order valence-electron chi connectivity index (χ4n) is 0.811. The third kappa shape index (κ3) is 3.44. The molecule has 58 valence electrons. The summed E-state index contributed by atoms with van der Waals surface area (Å²) in [4.78, 5) is 10.4. The molecule has 1 heteroatoms. The first-order chi connectivity index (χ1) is 4.52. The van der Waals surface area contributed by atoms with E-state index in [1.807, 2.05) is 13.8 Å². The van der Waals surface area contributed by atoms with Gasteiger partial charge in [-0.25, -0.2) is 0 Å². The Labute approximate surface area is 63.1 Å². The van der Waals surface area contributed by atoms with Crippen LogP contribution in [-0.2, 0) is 4.79 Å². The fraction of sp³-hybridized carbons (Fsp3) is 0.667. The van der Waals surface area contributed by atoms with E-state index in [2.05, 4.69) is 13.5 Å². The lowest BCUT2D eigenvalue weighted by Crippen LogP contribution is -2.13. The molecule has 0 aromatic rings. The van der Waals surface area contributed by atoms with Crippen molar-refractivity contribution >= 4 is 6.29 Å². The van der Waals surface area contributed by atoms with Gasteiger partial charge >= 0.3 is 0 Å². The summed E-state index contributed by atoms with van der Waals surface area (Å²) < 4.78 is 0. The van der Waals surface area contributed by atoms with Gasteiger partial charge in [-0.3, -0.25) is 0 Å². The largest absolute Gasteiger partial charge is 0.303 e. The number of aldehydes is 1. The maximum atomic E-state index is 10.4. The van der Waals surface area contributed by atoms with E-state index < -0.39 is 0 Å². The molecule has 0 aromatic heterocycles. The first-order valence-electron chi connectivity index (χ1n) is 3.65. The summed E-state index contributed by atoms with van der Waals surface area (Å²) in [6.07, 6.45) is 2.78. The van der Waals surface area contributed by atoms with Crippen LogP contribution in [0.1, 0.15) is 33.6 Å². The minimum Gasteiger partial charge on any atom is -0.303 e. The third-order valence-corrected chi connectivity index (χ3v) is 1.52. The second-order valence-electron chi connectivity index (χ2n) is 3.39. The van der Waals surface area contributed by atoms with Crippen LogP contribution >= 0.6 is 0 Å². The van der Waals surface area contributed by atoms with Crippen molar-refractivity contribution < 1.29 is 4.79 Å². The molecule has 0 atom stereocenters. The van der Waals surface area contributed by atoms with Crippen LogP contribution < -0.4 is 0 Å². The number of rotatable bonds is 4. The third-order valence-electron chi connectivity index (χ3n) is 1.52. The molecule has 0 aliphatic heterocycles. The molecule has 0 aromatic carbocycles. The maximum absolute atomic E-state index is 10.4. The van der Waals surface area contributed by atoms with Gasteiger partial charge in [-0.1, -0.05) is 32.9 Å². The molecule has 1 nitrogen and oxygen atoms in total. The highest BCUT2D eigenvalue weighted by Crippen LogP contribution is 2.22. The van der Waals surface area contributed by atoms with Crippen molar-refractivity contribution in [3.8, 4) is 0 Å². The molecular weight excluding hydrogens is 124 g/mol. The Morgan fingerprint density at radius 1 is 1.60 bits per heavy atom. The molecule has 0 bridgehead atoms. The van der Waals surface area contributed by atoms with E-state index >= 15 is 0 Å². The first-order valence-corrected chi connectivity index (χ1v) is 3.65. The summed E-state index contributed by atoms with van der Waals surface area (Å²) in [5.41, 5.74) is 0.935. The van der Waals surface area contributed by atoms with Crippen molar-refractivity contribution in [2.24, 2.45) is 5.41 Å². The van der Waals surface area contributed by atoms with E-state index in [9.17, 15) is 4.79 Å². The van der Waals surface area contributed by atoms with Crippen molar-refractivity contribution in [3.05, 3.63) is 12.2 Å². The summed E-state index contributed by atoms with van der Waals surface area (Å²) >= 11 is 0. The molecule has 0 rings (SSSR count). The molecule has 0 fully saturated rings. The van der Waals surface area contributed by atoms with Gasteiger partial charge in [0, 0.05) is 5.41 Å². The maximum Gasteiger partial charge on any atom is 0.125 e. The summed E-state index contributed by atoms with van der Waals surface area (Å²) in [5.74, 6) is 0. The van der Waals surface area contributed by atoms with E-state index in [-0.39, 0.29) is 5.41 Å². The molecule has 0 spiro atoms. The van der Waals surface area contributed by atoms with Crippen molar-refractivity contribution in [2.75, 3.05) is 0 Å². The smallest absolute Gasteiger partial charge is 0.125 e. The van der Waals surface area contributed by atoms with Gasteiger partial charge in [0.15, 0.2) is 0 Å². The second-order valence-corrected chi connectivity index (χ2v) is 3.39. The summed E-state index contributed by atoms with van der Waals surface area (Å²) in [6, 6.07) is 0. The molecule has 0 heterocycles. The van der Waals surface area contributed by atoms with Crippen molar-refractivity contribution in [2.45, 2.75) is 33.6 Å². The lowest BCUT2D eigenvalue weighted by molar-refractivity contribution is -0.114. The summed E-state index contributed by atoms with van der Waals surface area (Å²) in [7, 11) is 0. The highest BCUT2D eigenvalue weighted by atomic mass is 16.1. The van der Waals surface area contributed by atoms with Gasteiger partial charge in [0.25, 0.3) is 0 Å². The lowest BCUT2D eigenvalue weighted by Gasteiger charge is -2.16. The van der Waals surface area contributed by atoms with Crippen molar-refractivity contribution in [3.63, 3.8) is 0 Å². The summed E-state index contributed by atoms with van der Waals surface area (Å²) in [6.45, 7) is 9.77. The van der Waals surface area contributed by atoms with Crippen LogP contribution in [0.15, 0.2) is 12.2 Å². The van der Waals surface area contributed by atoms with Gasteiger partial charge in [-0.05, 0) is 12.8 Å². The van der Waals surface area contributed by atoms with Crippen LogP contribution in [0.4, 0.5) is 0 Å². The Hall–Kier alpha value is -0.590. The monoisotopic (exact) mass is 140 g/mol. The summed E-state index contributed by atoms with van der Waals surface area (Å²) in [5, 5.41) is 0. The Bertz CT molecular complexity index is 134. The van der Waals surface area contributed by atoms with E-state index in [1.54, 1.807) is 0 Å². The minimum absolute atomic E-state index is 0.215. The topological polar surface area (TPSA) is 17.1 Å². The zero-order valence-electron chi connectivity index (χ0n) is 7.11. The highest BCUT2D eigenvalue weighted by molar-refractivity contribution is 5.58. The van der Waals surface area contributed by atoms with Gasteiger partial charge < -0.3 is 4.79 Å². The van der Waals surface area contributed by atoms with Crippen LogP contribution in [0.2, 0.25) is 0 Å². The molecule has 10 heavy (non-hydrogen) atoms. The molecule has 0 aliphatic carbocycles. The number of hydrogen-bond acceptors (Lipinski definition) is 1. The van der Waals surface area contributed by atoms with Crippen molar-refractivity contribution in [1.82, 2.24) is 0 Å². The highest BCUT2D eigenvalue weighted by Gasteiger charge is 2.16. The zero-order chi connectivity index (χ0) is 8.20. The zero-order valence-corrected chi connectivity index (χ0v) is 7.11. The molecule has 0 aliphatic rings. The molecule has 0 unspecified atom stereocenters. The van der Waals surface area contributed by atoms with Crippen LogP contribution in [-0.4, -0.2) is 6.29 Å². The van der Waals surface area contributed by atoms with Gasteiger partial charge in [0.2, 0.25) is 0 Å². The van der Waals surface area contributed by atoms with Gasteiger partial charge in [0.1, 0.15) is 6.29 Å². The predicted octanol–water partition coefficient (Wildman–Crippen LogP) is 2.57. The molecular formula is C9H16O.